The van der Waals surface area contributed by atoms with Crippen LogP contribution in [0.4, 0.5) is 10.1 Å². The molecule has 5 rings (SSSR count). The van der Waals surface area contributed by atoms with Gasteiger partial charge in [-0.1, -0.05) is 36.4 Å². The van der Waals surface area contributed by atoms with Gasteiger partial charge in [0, 0.05) is 28.4 Å². The number of imidazole rings is 1. The minimum Gasteiger partial charge on any atom is -0.346 e. The molecule has 5 aromatic rings. The van der Waals surface area contributed by atoms with E-state index in [-0.39, 0.29) is 23.7 Å². The molecule has 0 aliphatic rings. The summed E-state index contributed by atoms with van der Waals surface area (Å²) in [6.45, 7) is 3.39. The maximum absolute atomic E-state index is 13.3. The zero-order chi connectivity index (χ0) is 27.5. The fourth-order valence-corrected chi connectivity index (χ4v) is 4.17. The Hall–Kier alpha value is -4.89. The van der Waals surface area contributed by atoms with Gasteiger partial charge in [-0.25, -0.2) is 9.37 Å². The number of aromatic amines is 1. The number of aromatic nitrogens is 3. The van der Waals surface area contributed by atoms with Crippen molar-refractivity contribution in [3.05, 3.63) is 102 Å². The van der Waals surface area contributed by atoms with Crippen LogP contribution in [0.15, 0.2) is 85.2 Å². The lowest BCUT2D eigenvalue weighted by Gasteiger charge is -2.16. The van der Waals surface area contributed by atoms with E-state index in [1.165, 1.54) is 12.1 Å². The van der Waals surface area contributed by atoms with Gasteiger partial charge >= 0.3 is 0 Å². The van der Waals surface area contributed by atoms with Gasteiger partial charge in [0.2, 0.25) is 5.91 Å². The molecular weight excluding hydrogens is 495 g/mol. The number of nitrogens with two attached hydrogens (primary N) is 1. The van der Waals surface area contributed by atoms with Crippen LogP contribution in [0.2, 0.25) is 0 Å². The number of halogens is 1. The fourth-order valence-electron chi connectivity index (χ4n) is 4.17. The third-order valence-electron chi connectivity index (χ3n) is 6.35. The molecule has 0 spiro atoms. The largest absolute Gasteiger partial charge is 0.346 e. The molecule has 2 aromatic heterocycles. The lowest BCUT2D eigenvalue weighted by atomic mass is 10.0. The van der Waals surface area contributed by atoms with Crippen molar-refractivity contribution in [2.45, 2.75) is 25.9 Å². The van der Waals surface area contributed by atoms with Crippen molar-refractivity contribution in [1.29, 1.82) is 0 Å². The smallest absolute Gasteiger partial charge is 0.251 e. The molecule has 0 aliphatic carbocycles. The Kier molecular flexibility index (Phi) is 7.16. The molecular formula is C30H27FN6O2. The summed E-state index contributed by atoms with van der Waals surface area (Å²) in [5.74, 6) is -0.529. The quantitative estimate of drug-likeness (QED) is 0.234. The van der Waals surface area contributed by atoms with E-state index in [4.69, 9.17) is 5.73 Å². The zero-order valence-corrected chi connectivity index (χ0v) is 21.4. The first-order valence-corrected chi connectivity index (χ1v) is 12.5. The number of fused-ring (bicyclic) bond motifs is 1. The molecule has 2 atom stereocenters. The van der Waals surface area contributed by atoms with Gasteiger partial charge in [0.25, 0.3) is 5.91 Å². The maximum atomic E-state index is 13.3. The monoisotopic (exact) mass is 522 g/mol. The van der Waals surface area contributed by atoms with Gasteiger partial charge in [-0.05, 0) is 61.2 Å². The molecule has 0 fully saturated rings. The van der Waals surface area contributed by atoms with Crippen molar-refractivity contribution < 1.29 is 14.0 Å². The van der Waals surface area contributed by atoms with Crippen LogP contribution < -0.4 is 16.4 Å². The summed E-state index contributed by atoms with van der Waals surface area (Å²) in [5.41, 5.74) is 9.17. The van der Waals surface area contributed by atoms with E-state index >= 15 is 0 Å². The molecule has 0 bridgehead atoms. The summed E-state index contributed by atoms with van der Waals surface area (Å²) in [4.78, 5) is 37.9. The zero-order valence-electron chi connectivity index (χ0n) is 21.4. The van der Waals surface area contributed by atoms with Gasteiger partial charge in [-0.3, -0.25) is 14.6 Å². The molecule has 0 aliphatic heterocycles. The van der Waals surface area contributed by atoms with E-state index in [2.05, 4.69) is 25.6 Å². The summed E-state index contributed by atoms with van der Waals surface area (Å²) in [7, 11) is 0. The number of amides is 2. The number of anilines is 1. The van der Waals surface area contributed by atoms with Crippen LogP contribution in [0.1, 0.15) is 35.8 Å². The minimum atomic E-state index is -0.734. The number of benzene rings is 3. The number of nitrogens with one attached hydrogen (secondary N) is 3. The molecule has 9 heteroatoms. The molecule has 2 amide bonds. The molecule has 39 heavy (non-hydrogen) atoms. The Morgan fingerprint density at radius 3 is 2.41 bits per heavy atom. The molecule has 0 saturated heterocycles. The first-order valence-electron chi connectivity index (χ1n) is 12.5. The van der Waals surface area contributed by atoms with Gasteiger partial charge in [-0.15, -0.1) is 0 Å². The maximum Gasteiger partial charge on any atom is 0.251 e. The van der Waals surface area contributed by atoms with E-state index in [1.807, 2.05) is 37.3 Å². The molecule has 196 valence electrons. The van der Waals surface area contributed by atoms with E-state index in [1.54, 1.807) is 49.6 Å². The average Bonchev–Trinajstić information content (AvgIpc) is 3.43. The number of hydrogen-bond donors (Lipinski definition) is 4. The highest BCUT2D eigenvalue weighted by molar-refractivity contribution is 6.00. The Bertz CT molecular complexity index is 1660. The third kappa shape index (κ3) is 5.83. The van der Waals surface area contributed by atoms with Crippen molar-refractivity contribution in [1.82, 2.24) is 20.3 Å². The SMILES string of the molecule is CC(N)C(=O)Nc1cc(C(=O)N[C@H](C)c2ccc(F)cc2)cc(-c2cnc(-c3cc4ccccc4cn3)[nH]2)c1. The van der Waals surface area contributed by atoms with Crippen LogP contribution in [0, 0.1) is 5.82 Å². The second kappa shape index (κ2) is 10.8. The number of hydrogen-bond acceptors (Lipinski definition) is 5. The minimum absolute atomic E-state index is 0.321. The number of carbonyl (C=O) groups is 2. The first kappa shape index (κ1) is 25.7. The molecule has 1 unspecified atom stereocenters. The standard InChI is InChI=1S/C30H27FN6O2/c1-17(32)29(38)36-25-12-22(11-23(13-25)30(39)35-18(2)19-7-9-24(31)10-8-19)27-16-34-28(37-27)26-14-20-5-3-4-6-21(20)15-33-26/h3-18H,32H2,1-2H3,(H,34,37)(H,35,39)(H,36,38)/t17?,18-/m1/s1. The van der Waals surface area contributed by atoms with Crippen LogP contribution in [-0.2, 0) is 4.79 Å². The van der Waals surface area contributed by atoms with E-state index in [0.29, 0.717) is 34.0 Å². The van der Waals surface area contributed by atoms with Gasteiger partial charge in [-0.2, -0.15) is 0 Å². The molecule has 0 radical (unpaired) electrons. The molecule has 5 N–H and O–H groups in total. The van der Waals surface area contributed by atoms with Crippen molar-refractivity contribution >= 4 is 28.3 Å². The lowest BCUT2D eigenvalue weighted by Crippen LogP contribution is -2.32. The number of carbonyl (C=O) groups excluding carboxylic acids is 2. The number of nitrogens with zero attached hydrogens (tertiary/aromatic N) is 2. The molecule has 8 nitrogen and oxygen atoms in total. The molecule has 0 saturated carbocycles. The van der Waals surface area contributed by atoms with Gasteiger partial charge in [0.05, 0.1) is 24.0 Å². The summed E-state index contributed by atoms with van der Waals surface area (Å²) >= 11 is 0. The predicted octanol–water partition coefficient (Wildman–Crippen LogP) is 5.21. The number of H-pyrrole nitrogens is 1. The summed E-state index contributed by atoms with van der Waals surface area (Å²) < 4.78 is 13.3. The Balaban J connectivity index is 1.47. The second-order valence-corrected chi connectivity index (χ2v) is 9.39. The predicted molar refractivity (Wildman–Crippen MR) is 149 cm³/mol. The summed E-state index contributed by atoms with van der Waals surface area (Å²) in [6.07, 6.45) is 3.45. The van der Waals surface area contributed by atoms with Crippen LogP contribution in [0.3, 0.4) is 0 Å². The number of pyridine rings is 1. The third-order valence-corrected chi connectivity index (χ3v) is 6.35. The number of rotatable bonds is 7. The van der Waals surface area contributed by atoms with Crippen LogP contribution >= 0.6 is 0 Å². The van der Waals surface area contributed by atoms with Gasteiger partial charge < -0.3 is 21.4 Å². The van der Waals surface area contributed by atoms with E-state index in [9.17, 15) is 14.0 Å². The van der Waals surface area contributed by atoms with Gasteiger partial charge in [0.1, 0.15) is 11.5 Å². The van der Waals surface area contributed by atoms with E-state index in [0.717, 1.165) is 16.3 Å². The Morgan fingerprint density at radius 1 is 0.923 bits per heavy atom. The fraction of sp³-hybridized carbons (Fsp3) is 0.133. The Labute approximate surface area is 224 Å². The van der Waals surface area contributed by atoms with Crippen molar-refractivity contribution in [2.75, 3.05) is 5.32 Å². The topological polar surface area (TPSA) is 126 Å². The molecule has 3 aromatic carbocycles. The van der Waals surface area contributed by atoms with Crippen molar-refractivity contribution in [2.24, 2.45) is 5.73 Å². The summed E-state index contributed by atoms with van der Waals surface area (Å²) in [5, 5.41) is 7.75. The Morgan fingerprint density at radius 2 is 1.67 bits per heavy atom. The van der Waals surface area contributed by atoms with Crippen LogP contribution in [0.5, 0.6) is 0 Å². The van der Waals surface area contributed by atoms with Gasteiger partial charge in [0.15, 0.2) is 5.82 Å². The second-order valence-electron chi connectivity index (χ2n) is 9.39. The average molecular weight is 523 g/mol. The lowest BCUT2D eigenvalue weighted by molar-refractivity contribution is -0.117. The van der Waals surface area contributed by atoms with Crippen LogP contribution in [-0.4, -0.2) is 32.8 Å². The normalized spacial score (nSPS) is 12.6. The molecule has 2 heterocycles. The van der Waals surface area contributed by atoms with Crippen molar-refractivity contribution in [3.63, 3.8) is 0 Å². The highest BCUT2D eigenvalue weighted by Crippen LogP contribution is 2.27. The highest BCUT2D eigenvalue weighted by atomic mass is 19.1. The first-order chi connectivity index (χ1) is 18.8. The van der Waals surface area contributed by atoms with E-state index < -0.39 is 6.04 Å². The van der Waals surface area contributed by atoms with Crippen molar-refractivity contribution in [3.8, 4) is 22.8 Å². The summed E-state index contributed by atoms with van der Waals surface area (Å²) in [6, 6.07) is 19.7. The van der Waals surface area contributed by atoms with Crippen LogP contribution in [0.25, 0.3) is 33.5 Å². The highest BCUT2D eigenvalue weighted by Gasteiger charge is 2.17.